The zero-order valence-electron chi connectivity index (χ0n) is 14.4. The molecule has 1 aliphatic heterocycles. The lowest BCUT2D eigenvalue weighted by atomic mass is 10.2. The summed E-state index contributed by atoms with van der Waals surface area (Å²) in [5.41, 5.74) is 1.88. The van der Waals surface area contributed by atoms with Crippen molar-refractivity contribution in [3.05, 3.63) is 54.3 Å². The first-order valence-electron chi connectivity index (χ1n) is 8.74. The molecule has 2 aromatic carbocycles. The summed E-state index contributed by atoms with van der Waals surface area (Å²) in [5.74, 6) is -0.655. The number of halogens is 1. The topological polar surface area (TPSA) is 41.6 Å². The van der Waals surface area contributed by atoms with E-state index in [2.05, 4.69) is 10.2 Å². The summed E-state index contributed by atoms with van der Waals surface area (Å²) < 4.78 is 19.2. The highest BCUT2D eigenvalue weighted by atomic mass is 19.1. The minimum Gasteiger partial charge on any atom is -0.478 e. The molecule has 1 amide bonds. The van der Waals surface area contributed by atoms with E-state index in [1.54, 1.807) is 12.1 Å². The molecule has 0 saturated carbocycles. The summed E-state index contributed by atoms with van der Waals surface area (Å²) in [6.45, 7) is 4.00. The van der Waals surface area contributed by atoms with Gasteiger partial charge >= 0.3 is 0 Å². The van der Waals surface area contributed by atoms with Gasteiger partial charge in [0.05, 0.1) is 0 Å². The minimum absolute atomic E-state index is 0.0916. The molecule has 132 valence electrons. The molecule has 2 aromatic rings. The van der Waals surface area contributed by atoms with Gasteiger partial charge in [-0.15, -0.1) is 0 Å². The van der Waals surface area contributed by atoms with E-state index in [-0.39, 0.29) is 11.7 Å². The molecular formula is C20H23FN2O2. The van der Waals surface area contributed by atoms with Gasteiger partial charge in [-0.05, 0) is 55.7 Å². The van der Waals surface area contributed by atoms with Gasteiger partial charge in [0.25, 0.3) is 5.91 Å². The second-order valence-electron chi connectivity index (χ2n) is 6.18. The second kappa shape index (κ2) is 8.01. The molecule has 0 spiro atoms. The van der Waals surface area contributed by atoms with Gasteiger partial charge in [-0.3, -0.25) is 4.79 Å². The number of nitrogens with one attached hydrogen (secondary N) is 1. The lowest BCUT2D eigenvalue weighted by Crippen LogP contribution is -2.32. The average Bonchev–Trinajstić information content (AvgIpc) is 3.16. The van der Waals surface area contributed by atoms with Crippen LogP contribution in [0.5, 0.6) is 5.75 Å². The Morgan fingerprint density at radius 1 is 1.16 bits per heavy atom. The van der Waals surface area contributed by atoms with Crippen LogP contribution in [0.15, 0.2) is 48.5 Å². The van der Waals surface area contributed by atoms with E-state index in [1.165, 1.54) is 30.7 Å². The van der Waals surface area contributed by atoms with Crippen molar-refractivity contribution in [1.82, 2.24) is 0 Å². The number of nitrogens with zero attached hydrogens (tertiary/aromatic N) is 1. The summed E-state index contributed by atoms with van der Waals surface area (Å²) in [4.78, 5) is 14.8. The van der Waals surface area contributed by atoms with Gasteiger partial charge in [-0.1, -0.05) is 19.1 Å². The Morgan fingerprint density at radius 3 is 2.48 bits per heavy atom. The van der Waals surface area contributed by atoms with Crippen LogP contribution in [0.25, 0.3) is 0 Å². The van der Waals surface area contributed by atoms with Gasteiger partial charge in [0, 0.05) is 24.5 Å². The van der Waals surface area contributed by atoms with Crippen LogP contribution in [0.3, 0.4) is 0 Å². The van der Waals surface area contributed by atoms with Crippen molar-refractivity contribution in [3.8, 4) is 5.75 Å². The van der Waals surface area contributed by atoms with Crippen molar-refractivity contribution >= 4 is 17.3 Å². The normalized spacial score (nSPS) is 15.0. The molecule has 0 aromatic heterocycles. The predicted octanol–water partition coefficient (Wildman–Crippen LogP) is 4.22. The fourth-order valence-electron chi connectivity index (χ4n) is 2.97. The van der Waals surface area contributed by atoms with Crippen molar-refractivity contribution in [2.24, 2.45) is 0 Å². The van der Waals surface area contributed by atoms with Crippen molar-refractivity contribution in [3.63, 3.8) is 0 Å². The van der Waals surface area contributed by atoms with Crippen LogP contribution in [0.4, 0.5) is 15.8 Å². The van der Waals surface area contributed by atoms with Crippen molar-refractivity contribution < 1.29 is 13.9 Å². The van der Waals surface area contributed by atoms with Gasteiger partial charge in [0.2, 0.25) is 0 Å². The fraction of sp³-hybridized carbons (Fsp3) is 0.350. The third-order valence-electron chi connectivity index (χ3n) is 4.38. The summed E-state index contributed by atoms with van der Waals surface area (Å²) in [6.07, 6.45) is 2.16. The van der Waals surface area contributed by atoms with Crippen molar-refractivity contribution in [2.75, 3.05) is 23.3 Å². The van der Waals surface area contributed by atoms with Crippen LogP contribution in [-0.2, 0) is 4.79 Å². The molecule has 1 aliphatic rings. The van der Waals surface area contributed by atoms with Crippen LogP contribution < -0.4 is 15.0 Å². The zero-order chi connectivity index (χ0) is 17.6. The molecule has 25 heavy (non-hydrogen) atoms. The quantitative estimate of drug-likeness (QED) is 0.854. The highest BCUT2D eigenvalue weighted by Gasteiger charge is 2.20. The monoisotopic (exact) mass is 342 g/mol. The van der Waals surface area contributed by atoms with E-state index in [0.29, 0.717) is 12.1 Å². The Morgan fingerprint density at radius 2 is 1.84 bits per heavy atom. The van der Waals surface area contributed by atoms with Crippen LogP contribution >= 0.6 is 0 Å². The third-order valence-corrected chi connectivity index (χ3v) is 4.38. The number of hydrogen-bond donors (Lipinski definition) is 1. The smallest absolute Gasteiger partial charge is 0.265 e. The van der Waals surface area contributed by atoms with Gasteiger partial charge in [-0.25, -0.2) is 4.39 Å². The summed E-state index contributed by atoms with van der Waals surface area (Å²) in [6, 6.07) is 13.9. The second-order valence-corrected chi connectivity index (χ2v) is 6.18. The number of amides is 1. The van der Waals surface area contributed by atoms with Gasteiger partial charge in [-0.2, -0.15) is 0 Å². The third kappa shape index (κ3) is 4.29. The number of ether oxygens (including phenoxy) is 1. The lowest BCUT2D eigenvalue weighted by molar-refractivity contribution is -0.122. The number of benzene rings is 2. The summed E-state index contributed by atoms with van der Waals surface area (Å²) in [5, 5.41) is 2.85. The number of para-hydroxylation sites is 1. The lowest BCUT2D eigenvalue weighted by Gasteiger charge is -2.19. The molecule has 3 rings (SSSR count). The maximum absolute atomic E-state index is 13.7. The number of carbonyl (C=O) groups is 1. The SMILES string of the molecule is CC[C@@H](Oc1ccccc1F)C(=O)Nc1ccc(N2CCCC2)cc1. The number of carbonyl (C=O) groups excluding carboxylic acids is 1. The summed E-state index contributed by atoms with van der Waals surface area (Å²) >= 11 is 0. The number of anilines is 2. The van der Waals surface area contributed by atoms with Crippen molar-refractivity contribution in [1.29, 1.82) is 0 Å². The molecule has 4 nitrogen and oxygen atoms in total. The van der Waals surface area contributed by atoms with Crippen LogP contribution in [0, 0.1) is 5.82 Å². The molecule has 1 heterocycles. The summed E-state index contributed by atoms with van der Waals surface area (Å²) in [7, 11) is 0. The average molecular weight is 342 g/mol. The maximum Gasteiger partial charge on any atom is 0.265 e. The van der Waals surface area contributed by atoms with Gasteiger partial charge in [0.15, 0.2) is 17.7 Å². The first-order chi connectivity index (χ1) is 12.2. The molecule has 5 heteroatoms. The van der Waals surface area contributed by atoms with E-state index < -0.39 is 11.9 Å². The van der Waals surface area contributed by atoms with Gasteiger partial charge in [0.1, 0.15) is 0 Å². The number of rotatable bonds is 6. The minimum atomic E-state index is -0.741. The molecular weight excluding hydrogens is 319 g/mol. The van der Waals surface area contributed by atoms with E-state index >= 15 is 0 Å². The highest BCUT2D eigenvalue weighted by molar-refractivity contribution is 5.94. The highest BCUT2D eigenvalue weighted by Crippen LogP contribution is 2.23. The molecule has 0 bridgehead atoms. The fourth-order valence-corrected chi connectivity index (χ4v) is 2.97. The van der Waals surface area contributed by atoms with Crippen LogP contribution in [-0.4, -0.2) is 25.1 Å². The Hall–Kier alpha value is -2.56. The Labute approximate surface area is 147 Å². The largest absolute Gasteiger partial charge is 0.478 e. The van der Waals surface area contributed by atoms with Crippen LogP contribution in [0.2, 0.25) is 0 Å². The van der Waals surface area contributed by atoms with E-state index in [9.17, 15) is 9.18 Å². The molecule has 1 saturated heterocycles. The molecule has 0 aliphatic carbocycles. The molecule has 1 atom stereocenters. The van der Waals surface area contributed by atoms with Crippen LogP contribution in [0.1, 0.15) is 26.2 Å². The number of hydrogen-bond acceptors (Lipinski definition) is 3. The molecule has 0 unspecified atom stereocenters. The first-order valence-corrected chi connectivity index (χ1v) is 8.74. The Kier molecular flexibility index (Phi) is 5.53. The molecule has 1 N–H and O–H groups in total. The van der Waals surface area contributed by atoms with Gasteiger partial charge < -0.3 is 15.0 Å². The predicted molar refractivity (Wildman–Crippen MR) is 97.6 cm³/mol. The Balaban J connectivity index is 1.62. The Bertz CT molecular complexity index is 712. The van der Waals surface area contributed by atoms with E-state index in [4.69, 9.17) is 4.74 Å². The van der Waals surface area contributed by atoms with E-state index in [1.807, 2.05) is 31.2 Å². The zero-order valence-corrected chi connectivity index (χ0v) is 14.4. The van der Waals surface area contributed by atoms with Crippen molar-refractivity contribution in [2.45, 2.75) is 32.3 Å². The standard InChI is InChI=1S/C20H23FN2O2/c1-2-18(25-19-8-4-3-7-17(19)21)20(24)22-15-9-11-16(12-10-15)23-13-5-6-14-23/h3-4,7-12,18H,2,5-6,13-14H2,1H3,(H,22,24)/t18-/m1/s1. The van der Waals surface area contributed by atoms with E-state index in [0.717, 1.165) is 13.1 Å². The maximum atomic E-state index is 13.7. The molecule has 0 radical (unpaired) electrons. The first kappa shape index (κ1) is 17.3. The molecule has 1 fully saturated rings.